The number of nitrogens with one attached hydrogen (secondary N) is 1. The number of hydrogen-bond donors (Lipinski definition) is 1. The lowest BCUT2D eigenvalue weighted by atomic mass is 9.81. The lowest BCUT2D eigenvalue weighted by Crippen LogP contribution is -2.56. The zero-order valence-corrected chi connectivity index (χ0v) is 13.9. The van der Waals surface area contributed by atoms with E-state index in [0.29, 0.717) is 18.1 Å². The molecule has 2 heterocycles. The molecule has 0 spiro atoms. The van der Waals surface area contributed by atoms with Crippen molar-refractivity contribution in [2.24, 2.45) is 0 Å². The molecule has 0 radical (unpaired) electrons. The molecule has 2 aliphatic heterocycles. The fourth-order valence-corrected chi connectivity index (χ4v) is 4.18. The quantitative estimate of drug-likeness (QED) is 0.920. The number of aryl methyl sites for hydroxylation is 1. The van der Waals surface area contributed by atoms with E-state index < -0.39 is 0 Å². The first-order chi connectivity index (χ1) is 10.1. The van der Waals surface area contributed by atoms with Gasteiger partial charge in [0.1, 0.15) is 5.75 Å². The van der Waals surface area contributed by atoms with E-state index in [0.717, 1.165) is 16.3 Å². The number of anilines is 1. The summed E-state index contributed by atoms with van der Waals surface area (Å²) < 4.78 is 5.61. The predicted octanol–water partition coefficient (Wildman–Crippen LogP) is 3.77. The van der Waals surface area contributed by atoms with Crippen molar-refractivity contribution in [1.82, 2.24) is 5.32 Å². The van der Waals surface area contributed by atoms with Crippen molar-refractivity contribution in [3.05, 3.63) is 22.7 Å². The minimum Gasteiger partial charge on any atom is -0.495 e. The standard InChI is InChI=1S/C17H25ClN2O/c1-11-7-16(17(21-3)10-15(11)18)20-13-5-4-6-14(20)9-12(8-13)19-2/h7,10,12-14,19H,4-6,8-9H2,1-3H3. The first kappa shape index (κ1) is 15.0. The Morgan fingerprint density at radius 1 is 1.24 bits per heavy atom. The Kier molecular flexibility index (Phi) is 4.32. The summed E-state index contributed by atoms with van der Waals surface area (Å²) in [5, 5.41) is 4.26. The van der Waals surface area contributed by atoms with Gasteiger partial charge in [0.15, 0.2) is 0 Å². The van der Waals surface area contributed by atoms with E-state index in [4.69, 9.17) is 16.3 Å². The maximum atomic E-state index is 6.26. The van der Waals surface area contributed by atoms with Gasteiger partial charge in [-0.25, -0.2) is 0 Å². The van der Waals surface area contributed by atoms with E-state index in [1.165, 1.54) is 37.8 Å². The van der Waals surface area contributed by atoms with Gasteiger partial charge < -0.3 is 15.0 Å². The molecule has 2 saturated heterocycles. The van der Waals surface area contributed by atoms with Crippen LogP contribution in [0.5, 0.6) is 5.75 Å². The fraction of sp³-hybridized carbons (Fsp3) is 0.647. The predicted molar refractivity (Wildman–Crippen MR) is 88.7 cm³/mol. The lowest BCUT2D eigenvalue weighted by Gasteiger charge is -2.50. The van der Waals surface area contributed by atoms with Crippen molar-refractivity contribution in [2.75, 3.05) is 19.1 Å². The van der Waals surface area contributed by atoms with Gasteiger partial charge in [-0.1, -0.05) is 11.6 Å². The Bertz CT molecular complexity index is 506. The molecule has 0 aliphatic carbocycles. The minimum absolute atomic E-state index is 0.615. The van der Waals surface area contributed by atoms with Crippen LogP contribution in [0.1, 0.15) is 37.7 Å². The minimum atomic E-state index is 0.615. The Morgan fingerprint density at radius 2 is 1.90 bits per heavy atom. The topological polar surface area (TPSA) is 24.5 Å². The van der Waals surface area contributed by atoms with Gasteiger partial charge in [-0.15, -0.1) is 0 Å². The van der Waals surface area contributed by atoms with Crippen LogP contribution in [0, 0.1) is 6.92 Å². The zero-order valence-electron chi connectivity index (χ0n) is 13.2. The molecule has 1 N–H and O–H groups in total. The highest BCUT2D eigenvalue weighted by atomic mass is 35.5. The molecule has 2 bridgehead atoms. The highest BCUT2D eigenvalue weighted by molar-refractivity contribution is 6.31. The van der Waals surface area contributed by atoms with Crippen molar-refractivity contribution in [3.8, 4) is 5.75 Å². The number of nitrogens with zero attached hydrogens (tertiary/aromatic N) is 1. The number of methoxy groups -OCH3 is 1. The fourth-order valence-electron chi connectivity index (χ4n) is 4.02. The van der Waals surface area contributed by atoms with Crippen LogP contribution in [0.3, 0.4) is 0 Å². The summed E-state index contributed by atoms with van der Waals surface area (Å²) in [6.07, 6.45) is 6.34. The molecule has 2 atom stereocenters. The van der Waals surface area contributed by atoms with Gasteiger partial charge in [-0.3, -0.25) is 0 Å². The van der Waals surface area contributed by atoms with Gasteiger partial charge in [0, 0.05) is 29.2 Å². The van der Waals surface area contributed by atoms with Crippen LogP contribution in [0.2, 0.25) is 5.02 Å². The van der Waals surface area contributed by atoms with Crippen LogP contribution in [0.4, 0.5) is 5.69 Å². The van der Waals surface area contributed by atoms with E-state index >= 15 is 0 Å². The average molecular weight is 309 g/mol. The summed E-state index contributed by atoms with van der Waals surface area (Å²) in [4.78, 5) is 2.61. The Labute approximate surface area is 132 Å². The van der Waals surface area contributed by atoms with Gasteiger partial charge in [0.05, 0.1) is 12.8 Å². The second-order valence-electron chi connectivity index (χ2n) is 6.38. The number of piperidine rings is 2. The third-order valence-electron chi connectivity index (χ3n) is 5.12. The molecule has 0 aromatic heterocycles. The van der Waals surface area contributed by atoms with Crippen LogP contribution in [0.15, 0.2) is 12.1 Å². The summed E-state index contributed by atoms with van der Waals surface area (Å²) in [6.45, 7) is 2.07. The van der Waals surface area contributed by atoms with Gasteiger partial charge >= 0.3 is 0 Å². The van der Waals surface area contributed by atoms with E-state index in [-0.39, 0.29) is 0 Å². The third-order valence-corrected chi connectivity index (χ3v) is 5.53. The molecule has 1 aromatic carbocycles. The molecule has 1 aromatic rings. The van der Waals surface area contributed by atoms with E-state index in [1.54, 1.807) is 7.11 Å². The number of halogens is 1. The molecule has 0 amide bonds. The van der Waals surface area contributed by atoms with Crippen LogP contribution in [-0.4, -0.2) is 32.3 Å². The summed E-state index contributed by atoms with van der Waals surface area (Å²) in [6, 6.07) is 6.04. The Balaban J connectivity index is 1.98. The average Bonchev–Trinajstić information content (AvgIpc) is 2.48. The molecule has 2 unspecified atom stereocenters. The number of ether oxygens (including phenoxy) is 1. The molecule has 2 fully saturated rings. The molecule has 0 saturated carbocycles. The summed E-state index contributed by atoms with van der Waals surface area (Å²) in [7, 11) is 3.82. The zero-order chi connectivity index (χ0) is 15.0. The normalized spacial score (nSPS) is 28.6. The summed E-state index contributed by atoms with van der Waals surface area (Å²) in [5.74, 6) is 0.908. The number of fused-ring (bicyclic) bond motifs is 2. The van der Waals surface area contributed by atoms with Crippen molar-refractivity contribution in [1.29, 1.82) is 0 Å². The number of hydrogen-bond acceptors (Lipinski definition) is 3. The van der Waals surface area contributed by atoms with Gasteiger partial charge in [0.2, 0.25) is 0 Å². The summed E-state index contributed by atoms with van der Waals surface area (Å²) in [5.41, 5.74) is 2.35. The highest BCUT2D eigenvalue weighted by Gasteiger charge is 2.39. The first-order valence-corrected chi connectivity index (χ1v) is 8.31. The number of benzene rings is 1. The maximum Gasteiger partial charge on any atom is 0.143 e. The SMILES string of the molecule is CNC1CC2CCCC(C1)N2c1cc(C)c(Cl)cc1OC. The molecule has 3 nitrogen and oxygen atoms in total. The maximum absolute atomic E-state index is 6.26. The van der Waals surface area contributed by atoms with Crippen LogP contribution < -0.4 is 15.0 Å². The molecule has 2 aliphatic rings. The van der Waals surface area contributed by atoms with Crippen LogP contribution >= 0.6 is 11.6 Å². The molecular formula is C17H25ClN2O. The monoisotopic (exact) mass is 308 g/mol. The summed E-state index contributed by atoms with van der Waals surface area (Å²) >= 11 is 6.26. The Hall–Kier alpha value is -0.930. The molecule has 116 valence electrons. The van der Waals surface area contributed by atoms with Crippen molar-refractivity contribution >= 4 is 17.3 Å². The highest BCUT2D eigenvalue weighted by Crippen LogP contribution is 2.43. The second-order valence-corrected chi connectivity index (χ2v) is 6.78. The lowest BCUT2D eigenvalue weighted by molar-refractivity contribution is 0.250. The largest absolute Gasteiger partial charge is 0.495 e. The van der Waals surface area contributed by atoms with Crippen LogP contribution in [0.25, 0.3) is 0 Å². The molecule has 4 heteroatoms. The van der Waals surface area contributed by atoms with Crippen LogP contribution in [-0.2, 0) is 0 Å². The van der Waals surface area contributed by atoms with Crippen molar-refractivity contribution in [2.45, 2.75) is 57.2 Å². The van der Waals surface area contributed by atoms with E-state index in [1.807, 2.05) is 6.07 Å². The molecular weight excluding hydrogens is 284 g/mol. The van der Waals surface area contributed by atoms with Crippen molar-refractivity contribution < 1.29 is 4.74 Å². The third kappa shape index (κ3) is 2.74. The first-order valence-electron chi connectivity index (χ1n) is 7.93. The molecule has 21 heavy (non-hydrogen) atoms. The van der Waals surface area contributed by atoms with Gasteiger partial charge in [-0.2, -0.15) is 0 Å². The second kappa shape index (κ2) is 6.05. The Morgan fingerprint density at radius 3 is 2.48 bits per heavy atom. The molecule has 3 rings (SSSR count). The van der Waals surface area contributed by atoms with Gasteiger partial charge in [0.25, 0.3) is 0 Å². The van der Waals surface area contributed by atoms with Crippen molar-refractivity contribution in [3.63, 3.8) is 0 Å². The van der Waals surface area contributed by atoms with E-state index in [2.05, 4.69) is 30.3 Å². The van der Waals surface area contributed by atoms with Gasteiger partial charge in [-0.05, 0) is 57.7 Å². The van der Waals surface area contributed by atoms with E-state index in [9.17, 15) is 0 Å². The number of rotatable bonds is 3. The smallest absolute Gasteiger partial charge is 0.143 e.